The van der Waals surface area contributed by atoms with E-state index in [2.05, 4.69) is 23.8 Å². The maximum Gasteiger partial charge on any atom is 0.124 e. The summed E-state index contributed by atoms with van der Waals surface area (Å²) in [5.74, 6) is 8.18. The quantitative estimate of drug-likeness (QED) is 0.501. The lowest BCUT2D eigenvalue weighted by Crippen LogP contribution is -1.92. The van der Waals surface area contributed by atoms with Crippen molar-refractivity contribution in [3.8, 4) is 11.8 Å². The number of nitrogens with zero attached hydrogens (tertiary/aromatic N) is 1. The number of aliphatic imine (C=N–C) groups is 1. The number of thioether (sulfide) groups is 2. The van der Waals surface area contributed by atoms with E-state index in [1.165, 1.54) is 4.38 Å². The second kappa shape index (κ2) is 5.55. The molecule has 1 rings (SSSR count). The van der Waals surface area contributed by atoms with Crippen LogP contribution in [-0.2, 0) is 0 Å². The molecule has 0 saturated carbocycles. The summed E-state index contributed by atoms with van der Waals surface area (Å²) in [6.45, 7) is 4.04. The van der Waals surface area contributed by atoms with Crippen LogP contribution in [0.5, 0.6) is 0 Å². The van der Waals surface area contributed by atoms with Crippen LogP contribution in [0.2, 0.25) is 0 Å². The van der Waals surface area contributed by atoms with Crippen LogP contribution in [0, 0.1) is 11.8 Å². The van der Waals surface area contributed by atoms with Crippen molar-refractivity contribution in [2.24, 2.45) is 4.99 Å². The van der Waals surface area contributed by atoms with E-state index in [9.17, 15) is 0 Å². The summed E-state index contributed by atoms with van der Waals surface area (Å²) in [7, 11) is 0. The van der Waals surface area contributed by atoms with Gasteiger partial charge in [-0.3, -0.25) is 4.99 Å². The van der Waals surface area contributed by atoms with Crippen LogP contribution in [-0.4, -0.2) is 21.9 Å². The zero-order chi connectivity index (χ0) is 8.81. The first-order valence-electron chi connectivity index (χ1n) is 4.06. The van der Waals surface area contributed by atoms with Crippen molar-refractivity contribution in [3.05, 3.63) is 0 Å². The van der Waals surface area contributed by atoms with E-state index in [0.717, 1.165) is 17.9 Å². The highest BCUT2D eigenvalue weighted by molar-refractivity contribution is 8.39. The Balaban J connectivity index is 2.14. The Labute approximate surface area is 82.8 Å². The van der Waals surface area contributed by atoms with E-state index < -0.39 is 0 Å². The Hall–Kier alpha value is -0.0700. The molecular weight excluding hydrogens is 186 g/mol. The molecule has 1 unspecified atom stereocenters. The van der Waals surface area contributed by atoms with Gasteiger partial charge in [0.15, 0.2) is 0 Å². The molecule has 1 nitrogen and oxygen atoms in total. The second-order valence-corrected chi connectivity index (χ2v) is 4.93. The maximum absolute atomic E-state index is 4.48. The minimum atomic E-state index is 0.523. The molecule has 1 heterocycles. The highest BCUT2D eigenvalue weighted by Gasteiger charge is 2.13. The van der Waals surface area contributed by atoms with Gasteiger partial charge in [-0.05, 0) is 13.8 Å². The van der Waals surface area contributed by atoms with Gasteiger partial charge in [0.2, 0.25) is 0 Å². The van der Waals surface area contributed by atoms with E-state index >= 15 is 0 Å². The van der Waals surface area contributed by atoms with Gasteiger partial charge in [-0.1, -0.05) is 23.5 Å². The average Bonchev–Trinajstić information content (AvgIpc) is 2.45. The van der Waals surface area contributed by atoms with Crippen molar-refractivity contribution < 1.29 is 0 Å². The molecule has 1 aliphatic heterocycles. The predicted octanol–water partition coefficient (Wildman–Crippen LogP) is 2.62. The number of hydrogen-bond donors (Lipinski definition) is 0. The summed E-state index contributed by atoms with van der Waals surface area (Å²) in [5, 5.41) is 0. The molecule has 0 bridgehead atoms. The third kappa shape index (κ3) is 3.55. The molecule has 0 saturated heterocycles. The molecule has 0 N–H and O–H groups in total. The fraction of sp³-hybridized carbons (Fsp3) is 0.667. The maximum atomic E-state index is 4.48. The first-order chi connectivity index (χ1) is 5.83. The second-order valence-electron chi connectivity index (χ2n) is 2.58. The zero-order valence-electron chi connectivity index (χ0n) is 7.46. The number of hydrogen-bond acceptors (Lipinski definition) is 3. The van der Waals surface area contributed by atoms with Crippen LogP contribution in [0.4, 0.5) is 0 Å². The number of rotatable bonds is 2. The smallest absolute Gasteiger partial charge is 0.124 e. The van der Waals surface area contributed by atoms with Crippen LogP contribution in [0.15, 0.2) is 4.99 Å². The van der Waals surface area contributed by atoms with E-state index in [1.54, 1.807) is 0 Å². The van der Waals surface area contributed by atoms with Gasteiger partial charge in [0.1, 0.15) is 4.38 Å². The molecule has 66 valence electrons. The Kier molecular flexibility index (Phi) is 4.63. The van der Waals surface area contributed by atoms with Gasteiger partial charge < -0.3 is 0 Å². The van der Waals surface area contributed by atoms with Gasteiger partial charge in [0, 0.05) is 17.9 Å². The molecule has 0 amide bonds. The van der Waals surface area contributed by atoms with Crippen LogP contribution in [0.1, 0.15) is 20.3 Å². The summed E-state index contributed by atoms with van der Waals surface area (Å²) in [6, 6.07) is 0.523. The van der Waals surface area contributed by atoms with E-state index in [1.807, 2.05) is 30.4 Å². The summed E-state index contributed by atoms with van der Waals surface area (Å²) >= 11 is 3.71. The Morgan fingerprint density at radius 3 is 3.17 bits per heavy atom. The SMILES string of the molecule is CC#CCCSC1=NC(C)CS1. The molecule has 0 spiro atoms. The van der Waals surface area contributed by atoms with Crippen molar-refractivity contribution in [2.45, 2.75) is 26.3 Å². The van der Waals surface area contributed by atoms with Crippen LogP contribution in [0.3, 0.4) is 0 Å². The summed E-state index contributed by atoms with van der Waals surface area (Å²) in [4.78, 5) is 4.48. The minimum absolute atomic E-state index is 0.523. The molecule has 12 heavy (non-hydrogen) atoms. The Morgan fingerprint density at radius 2 is 2.58 bits per heavy atom. The molecule has 0 radical (unpaired) electrons. The van der Waals surface area contributed by atoms with Gasteiger partial charge in [0.25, 0.3) is 0 Å². The van der Waals surface area contributed by atoms with Crippen molar-refractivity contribution in [1.29, 1.82) is 0 Å². The van der Waals surface area contributed by atoms with Crippen LogP contribution < -0.4 is 0 Å². The van der Waals surface area contributed by atoms with Gasteiger partial charge in [-0.25, -0.2) is 0 Å². The lowest BCUT2D eigenvalue weighted by atomic mass is 10.4. The molecule has 0 aromatic carbocycles. The van der Waals surface area contributed by atoms with E-state index in [0.29, 0.717) is 6.04 Å². The fourth-order valence-electron chi connectivity index (χ4n) is 0.840. The largest absolute Gasteiger partial charge is 0.268 e. The first kappa shape index (κ1) is 10.0. The summed E-state index contributed by atoms with van der Waals surface area (Å²) < 4.78 is 1.25. The zero-order valence-corrected chi connectivity index (χ0v) is 9.10. The van der Waals surface area contributed by atoms with Crippen LogP contribution in [0.25, 0.3) is 0 Å². The molecule has 0 aromatic heterocycles. The molecule has 3 heteroatoms. The molecule has 0 aromatic rings. The van der Waals surface area contributed by atoms with Crippen molar-refractivity contribution >= 4 is 27.9 Å². The van der Waals surface area contributed by atoms with Gasteiger partial charge in [-0.15, -0.1) is 11.8 Å². The minimum Gasteiger partial charge on any atom is -0.268 e. The molecule has 0 aliphatic carbocycles. The normalized spacial score (nSPS) is 21.5. The van der Waals surface area contributed by atoms with Gasteiger partial charge >= 0.3 is 0 Å². The summed E-state index contributed by atoms with van der Waals surface area (Å²) in [6.07, 6.45) is 0.981. The third-order valence-electron chi connectivity index (χ3n) is 1.40. The van der Waals surface area contributed by atoms with Crippen molar-refractivity contribution in [3.63, 3.8) is 0 Å². The van der Waals surface area contributed by atoms with Gasteiger partial charge in [0.05, 0.1) is 6.04 Å². The highest BCUT2D eigenvalue weighted by atomic mass is 32.2. The molecular formula is C9H13NS2. The Bertz CT molecular complexity index is 224. The van der Waals surface area contributed by atoms with E-state index in [4.69, 9.17) is 0 Å². The fourth-order valence-corrected chi connectivity index (χ4v) is 2.97. The lowest BCUT2D eigenvalue weighted by Gasteiger charge is -1.94. The lowest BCUT2D eigenvalue weighted by molar-refractivity contribution is 0.867. The Morgan fingerprint density at radius 1 is 1.75 bits per heavy atom. The topological polar surface area (TPSA) is 12.4 Å². The monoisotopic (exact) mass is 199 g/mol. The average molecular weight is 199 g/mol. The first-order valence-corrected chi connectivity index (χ1v) is 6.03. The van der Waals surface area contributed by atoms with Crippen molar-refractivity contribution in [1.82, 2.24) is 0 Å². The molecule has 0 fully saturated rings. The highest BCUT2D eigenvalue weighted by Crippen LogP contribution is 2.25. The predicted molar refractivity (Wildman–Crippen MR) is 59.9 cm³/mol. The third-order valence-corrected chi connectivity index (χ3v) is 3.87. The summed E-state index contributed by atoms with van der Waals surface area (Å²) in [5.41, 5.74) is 0. The van der Waals surface area contributed by atoms with Gasteiger partial charge in [-0.2, -0.15) is 0 Å². The van der Waals surface area contributed by atoms with Crippen LogP contribution >= 0.6 is 23.5 Å². The molecule has 1 aliphatic rings. The molecule has 1 atom stereocenters. The standard InChI is InChI=1S/C9H13NS2/c1-3-4-5-6-11-9-10-8(2)7-12-9/h8H,5-7H2,1-2H3. The van der Waals surface area contributed by atoms with E-state index in [-0.39, 0.29) is 0 Å². The van der Waals surface area contributed by atoms with Crippen molar-refractivity contribution in [2.75, 3.05) is 11.5 Å².